The smallest absolute Gasteiger partial charge is 0.278 e. The van der Waals surface area contributed by atoms with Gasteiger partial charge in [0.2, 0.25) is 5.95 Å². The van der Waals surface area contributed by atoms with E-state index >= 15 is 0 Å². The lowest BCUT2D eigenvalue weighted by molar-refractivity contribution is -0.113. The molecule has 0 spiro atoms. The third-order valence-corrected chi connectivity index (χ3v) is 6.31. The molecule has 2 heterocycles. The highest BCUT2D eigenvalue weighted by Crippen LogP contribution is 2.19. The van der Waals surface area contributed by atoms with E-state index in [-0.39, 0.29) is 17.3 Å². The van der Waals surface area contributed by atoms with Crippen molar-refractivity contribution in [2.75, 3.05) is 31.5 Å². The second-order valence-electron chi connectivity index (χ2n) is 9.66. The van der Waals surface area contributed by atoms with E-state index in [9.17, 15) is 9.59 Å². The molecule has 0 saturated carbocycles. The molecule has 1 aromatic heterocycles. The Kier molecular flexibility index (Phi) is 8.38. The van der Waals surface area contributed by atoms with E-state index in [4.69, 9.17) is 5.73 Å². The Hall–Kier alpha value is -4.24. The Bertz CT molecular complexity index is 1410. The van der Waals surface area contributed by atoms with Gasteiger partial charge in [-0.25, -0.2) is 9.98 Å². The molecule has 2 aromatic carbocycles. The number of aliphatic imine (C=N–C) groups is 1. The Morgan fingerprint density at radius 1 is 1.03 bits per heavy atom. The molecule has 0 atom stereocenters. The van der Waals surface area contributed by atoms with Gasteiger partial charge in [0, 0.05) is 43.5 Å². The highest BCUT2D eigenvalue weighted by Gasteiger charge is 2.19. The largest absolute Gasteiger partial charge is 0.400 e. The third-order valence-electron chi connectivity index (χ3n) is 6.31. The monoisotopic (exact) mass is 513 g/mol. The summed E-state index contributed by atoms with van der Waals surface area (Å²) in [4.78, 5) is 37.4. The van der Waals surface area contributed by atoms with Crippen LogP contribution in [0.25, 0.3) is 11.0 Å². The van der Waals surface area contributed by atoms with E-state index in [0.717, 1.165) is 48.2 Å². The Labute approximate surface area is 223 Å². The van der Waals surface area contributed by atoms with Crippen LogP contribution >= 0.6 is 0 Å². The summed E-state index contributed by atoms with van der Waals surface area (Å²) < 4.78 is 1.81. The van der Waals surface area contributed by atoms with Gasteiger partial charge in [-0.2, -0.15) is 0 Å². The minimum Gasteiger partial charge on any atom is -0.400 e. The number of amides is 2. The molecule has 1 aliphatic heterocycles. The summed E-state index contributed by atoms with van der Waals surface area (Å²) in [5.74, 6) is -0.0358. The van der Waals surface area contributed by atoms with E-state index in [1.807, 2.05) is 85.0 Å². The number of hydrogen-bond acceptors (Lipinski definition) is 6. The zero-order valence-electron chi connectivity index (χ0n) is 22.4. The molecule has 1 saturated heterocycles. The first-order valence-electron chi connectivity index (χ1n) is 12.8. The molecule has 4 N–H and O–H groups in total. The summed E-state index contributed by atoms with van der Waals surface area (Å²) in [6, 6.07) is 15.0. The Balaban J connectivity index is 1.61. The minimum atomic E-state index is -0.454. The van der Waals surface area contributed by atoms with Gasteiger partial charge in [-0.05, 0) is 64.1 Å². The van der Waals surface area contributed by atoms with Gasteiger partial charge < -0.3 is 20.5 Å². The van der Waals surface area contributed by atoms with Crippen LogP contribution in [0, 0.1) is 0 Å². The van der Waals surface area contributed by atoms with Crippen molar-refractivity contribution in [3.05, 3.63) is 82.7 Å². The molecule has 9 heteroatoms. The van der Waals surface area contributed by atoms with Crippen LogP contribution in [-0.4, -0.2) is 58.2 Å². The molecule has 0 bridgehead atoms. The number of nitrogens with zero attached hydrogens (tertiary/aromatic N) is 4. The van der Waals surface area contributed by atoms with Gasteiger partial charge in [0.15, 0.2) is 0 Å². The lowest BCUT2D eigenvalue weighted by atomic mass is 10.0. The van der Waals surface area contributed by atoms with Gasteiger partial charge in [0.1, 0.15) is 5.70 Å². The Morgan fingerprint density at radius 2 is 1.74 bits per heavy atom. The van der Waals surface area contributed by atoms with Gasteiger partial charge in [0.25, 0.3) is 11.8 Å². The topological polar surface area (TPSA) is 118 Å². The van der Waals surface area contributed by atoms with Gasteiger partial charge >= 0.3 is 0 Å². The van der Waals surface area contributed by atoms with Crippen molar-refractivity contribution in [2.45, 2.75) is 27.2 Å². The first kappa shape index (κ1) is 26.8. The fourth-order valence-electron chi connectivity index (χ4n) is 4.33. The normalized spacial score (nSPS) is 15.1. The van der Waals surface area contributed by atoms with Crippen molar-refractivity contribution in [2.24, 2.45) is 17.8 Å². The highest BCUT2D eigenvalue weighted by molar-refractivity contribution is 6.13. The van der Waals surface area contributed by atoms with E-state index < -0.39 is 5.91 Å². The molecule has 3 aromatic rings. The number of aromatic nitrogens is 2. The number of para-hydroxylation sites is 2. The number of benzene rings is 2. The van der Waals surface area contributed by atoms with Gasteiger partial charge in [-0.15, -0.1) is 0 Å². The molecule has 1 fully saturated rings. The fraction of sp³-hybridized carbons (Fsp3) is 0.310. The van der Waals surface area contributed by atoms with Gasteiger partial charge in [-0.1, -0.05) is 29.8 Å². The second-order valence-corrected chi connectivity index (χ2v) is 9.66. The van der Waals surface area contributed by atoms with E-state index in [1.165, 1.54) is 0 Å². The van der Waals surface area contributed by atoms with Crippen LogP contribution in [0.4, 0.5) is 5.95 Å². The number of nitrogens with two attached hydrogens (primary N) is 1. The molecule has 9 nitrogen and oxygen atoms in total. The Morgan fingerprint density at radius 3 is 2.42 bits per heavy atom. The van der Waals surface area contributed by atoms with Crippen molar-refractivity contribution < 1.29 is 9.59 Å². The zero-order valence-corrected chi connectivity index (χ0v) is 22.4. The van der Waals surface area contributed by atoms with Crippen LogP contribution in [0.3, 0.4) is 0 Å². The minimum absolute atomic E-state index is 0.0150. The maximum absolute atomic E-state index is 13.3. The van der Waals surface area contributed by atoms with Crippen LogP contribution in [0.2, 0.25) is 0 Å². The predicted molar refractivity (Wildman–Crippen MR) is 152 cm³/mol. The number of carbonyl (C=O) groups excluding carboxylic acids is 2. The van der Waals surface area contributed by atoms with Crippen LogP contribution in [0.15, 0.2) is 76.6 Å². The molecular weight excluding hydrogens is 478 g/mol. The molecule has 0 radical (unpaired) electrons. The molecule has 1 aliphatic rings. The maximum Gasteiger partial charge on any atom is 0.278 e. The number of carbonyl (C=O) groups is 2. The van der Waals surface area contributed by atoms with Crippen molar-refractivity contribution in [3.8, 4) is 0 Å². The summed E-state index contributed by atoms with van der Waals surface area (Å²) >= 11 is 0. The first-order valence-corrected chi connectivity index (χ1v) is 12.8. The lowest BCUT2D eigenvalue weighted by Crippen LogP contribution is -2.34. The SMILES string of the molecule is CC(C)=CC(=N/C(C(=O)Nc1nc2ccccc2n1C)=C(\C)N)c1ccc(C(=O)N2CCCNCC2)cc1. The van der Waals surface area contributed by atoms with E-state index in [0.29, 0.717) is 23.8 Å². The average molecular weight is 514 g/mol. The number of nitrogens with one attached hydrogen (secondary N) is 2. The quantitative estimate of drug-likeness (QED) is 0.344. The predicted octanol–water partition coefficient (Wildman–Crippen LogP) is 3.59. The molecular formula is C29H35N7O2. The second kappa shape index (κ2) is 11.9. The lowest BCUT2D eigenvalue weighted by Gasteiger charge is -2.20. The molecule has 198 valence electrons. The summed E-state index contributed by atoms with van der Waals surface area (Å²) in [7, 11) is 1.84. The van der Waals surface area contributed by atoms with Gasteiger partial charge in [-0.3, -0.25) is 14.9 Å². The molecule has 38 heavy (non-hydrogen) atoms. The molecule has 2 amide bonds. The highest BCUT2D eigenvalue weighted by atomic mass is 16.2. The van der Waals surface area contributed by atoms with Crippen molar-refractivity contribution in [3.63, 3.8) is 0 Å². The summed E-state index contributed by atoms with van der Waals surface area (Å²) in [5.41, 5.74) is 11.2. The van der Waals surface area contributed by atoms with Gasteiger partial charge in [0.05, 0.1) is 16.7 Å². The number of rotatable bonds is 6. The van der Waals surface area contributed by atoms with Crippen LogP contribution < -0.4 is 16.4 Å². The van der Waals surface area contributed by atoms with Crippen LogP contribution in [0.1, 0.15) is 43.1 Å². The molecule has 4 rings (SSSR count). The summed E-state index contributed by atoms with van der Waals surface area (Å²) in [6.07, 6.45) is 2.83. The maximum atomic E-state index is 13.3. The number of anilines is 1. The summed E-state index contributed by atoms with van der Waals surface area (Å²) in [5, 5.41) is 6.17. The molecule has 0 aliphatic carbocycles. The molecule has 0 unspecified atom stereocenters. The number of hydrogen-bond donors (Lipinski definition) is 3. The zero-order chi connectivity index (χ0) is 27.2. The van der Waals surface area contributed by atoms with E-state index in [1.54, 1.807) is 6.92 Å². The fourth-order valence-corrected chi connectivity index (χ4v) is 4.33. The first-order chi connectivity index (χ1) is 18.2. The van der Waals surface area contributed by atoms with Crippen molar-refractivity contribution in [1.29, 1.82) is 0 Å². The number of fused-ring (bicyclic) bond motifs is 1. The van der Waals surface area contributed by atoms with Crippen LogP contribution in [-0.2, 0) is 11.8 Å². The van der Waals surface area contributed by atoms with Crippen molar-refractivity contribution >= 4 is 34.5 Å². The number of imidazole rings is 1. The van der Waals surface area contributed by atoms with Crippen LogP contribution in [0.5, 0.6) is 0 Å². The number of allylic oxidation sites excluding steroid dienone is 3. The van der Waals surface area contributed by atoms with E-state index in [2.05, 4.69) is 20.6 Å². The van der Waals surface area contributed by atoms with Crippen molar-refractivity contribution in [1.82, 2.24) is 19.8 Å². The third kappa shape index (κ3) is 6.18. The summed E-state index contributed by atoms with van der Waals surface area (Å²) in [6.45, 7) is 8.71. The standard InChI is InChI=1S/C29H35N7O2/c1-19(2)18-24(21-10-12-22(13-11-21)28(38)36-16-7-14-31-15-17-36)32-26(20(3)30)27(37)34-29-33-23-8-5-6-9-25(23)35(29)4/h5-6,8-13,18,31H,7,14-17,30H2,1-4H3,(H,33,34,37)/b26-20+,32-24?. The number of aryl methyl sites for hydroxylation is 1. The average Bonchev–Trinajstić information content (AvgIpc) is 3.05.